The molecule has 0 fully saturated rings. The van der Waals surface area contributed by atoms with Crippen LogP contribution in [0.15, 0.2) is 53.9 Å². The molecule has 0 aliphatic rings. The topological polar surface area (TPSA) is 71.1 Å². The van der Waals surface area contributed by atoms with Crippen molar-refractivity contribution in [3.8, 4) is 11.3 Å². The van der Waals surface area contributed by atoms with Gasteiger partial charge in [-0.15, -0.1) is 11.3 Å². The molecule has 0 unspecified atom stereocenters. The van der Waals surface area contributed by atoms with Crippen molar-refractivity contribution in [2.75, 3.05) is 11.9 Å². The lowest BCUT2D eigenvalue weighted by Crippen LogP contribution is -2.33. The standard InChI is InChI=1S/C19H16ClN3O2S/c1-12-4-2-3-5-15(12)18(25)21-10-17(24)23-19-22-16(11-26-19)13-6-8-14(20)9-7-13/h2-9,11H,10H2,1H3,(H,21,25)(H,22,23,24). The smallest absolute Gasteiger partial charge is 0.251 e. The van der Waals surface area contributed by atoms with E-state index in [1.807, 2.05) is 36.6 Å². The fourth-order valence-electron chi connectivity index (χ4n) is 2.33. The normalized spacial score (nSPS) is 10.4. The first-order valence-electron chi connectivity index (χ1n) is 7.88. The maximum atomic E-state index is 12.1. The van der Waals surface area contributed by atoms with Crippen molar-refractivity contribution in [2.24, 2.45) is 0 Å². The third kappa shape index (κ3) is 4.47. The van der Waals surface area contributed by atoms with Crippen molar-refractivity contribution in [3.63, 3.8) is 0 Å². The minimum atomic E-state index is -0.330. The molecule has 0 bridgehead atoms. The maximum absolute atomic E-state index is 12.1. The number of nitrogens with one attached hydrogen (secondary N) is 2. The molecule has 0 aliphatic heterocycles. The second kappa shape index (κ2) is 8.12. The van der Waals surface area contributed by atoms with Gasteiger partial charge in [0.1, 0.15) is 0 Å². The van der Waals surface area contributed by atoms with E-state index >= 15 is 0 Å². The van der Waals surface area contributed by atoms with Crippen LogP contribution in [-0.2, 0) is 4.79 Å². The second-order valence-electron chi connectivity index (χ2n) is 5.59. The Hall–Kier alpha value is -2.70. The summed E-state index contributed by atoms with van der Waals surface area (Å²) >= 11 is 7.20. The van der Waals surface area contributed by atoms with E-state index in [1.54, 1.807) is 24.3 Å². The number of carbonyl (C=O) groups is 2. The van der Waals surface area contributed by atoms with Gasteiger partial charge in [0.15, 0.2) is 5.13 Å². The Morgan fingerprint density at radius 3 is 2.58 bits per heavy atom. The van der Waals surface area contributed by atoms with E-state index < -0.39 is 0 Å². The van der Waals surface area contributed by atoms with Crippen LogP contribution in [0.25, 0.3) is 11.3 Å². The summed E-state index contributed by atoms with van der Waals surface area (Å²) in [6, 6.07) is 14.5. The van der Waals surface area contributed by atoms with Crippen LogP contribution in [0.1, 0.15) is 15.9 Å². The molecule has 0 radical (unpaired) electrons. The quantitative estimate of drug-likeness (QED) is 0.693. The second-order valence-corrected chi connectivity index (χ2v) is 6.89. The molecule has 0 atom stereocenters. The van der Waals surface area contributed by atoms with Crippen molar-refractivity contribution in [2.45, 2.75) is 6.92 Å². The predicted octanol–water partition coefficient (Wildman–Crippen LogP) is 4.14. The third-order valence-electron chi connectivity index (χ3n) is 3.69. The molecule has 3 rings (SSSR count). The molecule has 0 saturated heterocycles. The number of thiazole rings is 1. The lowest BCUT2D eigenvalue weighted by molar-refractivity contribution is -0.115. The predicted molar refractivity (Wildman–Crippen MR) is 105 cm³/mol. The monoisotopic (exact) mass is 385 g/mol. The summed E-state index contributed by atoms with van der Waals surface area (Å²) in [5.41, 5.74) is 3.09. The zero-order valence-corrected chi connectivity index (χ0v) is 15.5. The number of hydrogen-bond donors (Lipinski definition) is 2. The van der Waals surface area contributed by atoms with Crippen LogP contribution in [0.3, 0.4) is 0 Å². The Labute approximate surface area is 160 Å². The number of aromatic nitrogens is 1. The first-order chi connectivity index (χ1) is 12.5. The number of rotatable bonds is 5. The SMILES string of the molecule is Cc1ccccc1C(=O)NCC(=O)Nc1nc(-c2ccc(Cl)cc2)cs1. The Morgan fingerprint density at radius 2 is 1.85 bits per heavy atom. The molecule has 2 N–H and O–H groups in total. The van der Waals surface area contributed by atoms with Crippen LogP contribution in [0.5, 0.6) is 0 Å². The van der Waals surface area contributed by atoms with Crippen LogP contribution in [-0.4, -0.2) is 23.3 Å². The number of carbonyl (C=O) groups excluding carboxylic acids is 2. The van der Waals surface area contributed by atoms with Crippen LogP contribution in [0, 0.1) is 6.92 Å². The lowest BCUT2D eigenvalue weighted by atomic mass is 10.1. The minimum Gasteiger partial charge on any atom is -0.343 e. The van der Waals surface area contributed by atoms with Crippen molar-refractivity contribution >= 4 is 39.9 Å². The van der Waals surface area contributed by atoms with E-state index in [9.17, 15) is 9.59 Å². The van der Waals surface area contributed by atoms with Gasteiger partial charge in [0.2, 0.25) is 5.91 Å². The summed E-state index contributed by atoms with van der Waals surface area (Å²) < 4.78 is 0. The highest BCUT2D eigenvalue weighted by atomic mass is 35.5. The largest absolute Gasteiger partial charge is 0.343 e. The number of benzene rings is 2. The van der Waals surface area contributed by atoms with Gasteiger partial charge in [-0.3, -0.25) is 9.59 Å². The highest BCUT2D eigenvalue weighted by Crippen LogP contribution is 2.25. The first kappa shape index (κ1) is 18.1. The Kier molecular flexibility index (Phi) is 5.65. The highest BCUT2D eigenvalue weighted by Gasteiger charge is 2.12. The number of amides is 2. The fourth-order valence-corrected chi connectivity index (χ4v) is 3.19. The molecule has 2 amide bonds. The molecule has 1 aromatic heterocycles. The number of nitrogens with zero attached hydrogens (tertiary/aromatic N) is 1. The lowest BCUT2D eigenvalue weighted by Gasteiger charge is -2.07. The molecular formula is C19H16ClN3O2S. The van der Waals surface area contributed by atoms with Crippen molar-refractivity contribution in [1.29, 1.82) is 0 Å². The van der Waals surface area contributed by atoms with Gasteiger partial charge in [-0.2, -0.15) is 0 Å². The van der Waals surface area contributed by atoms with Crippen LogP contribution in [0.4, 0.5) is 5.13 Å². The molecule has 132 valence electrons. The van der Waals surface area contributed by atoms with Crippen molar-refractivity contribution in [1.82, 2.24) is 10.3 Å². The highest BCUT2D eigenvalue weighted by molar-refractivity contribution is 7.14. The molecule has 0 saturated carbocycles. The number of anilines is 1. The molecule has 3 aromatic rings. The number of halogens is 1. The minimum absolute atomic E-state index is 0.122. The van der Waals surface area contributed by atoms with Gasteiger partial charge < -0.3 is 10.6 Å². The summed E-state index contributed by atoms with van der Waals surface area (Å²) in [6.07, 6.45) is 0. The van der Waals surface area contributed by atoms with E-state index in [0.29, 0.717) is 15.7 Å². The average Bonchev–Trinajstić information content (AvgIpc) is 3.09. The molecule has 2 aromatic carbocycles. The van der Waals surface area contributed by atoms with E-state index in [4.69, 9.17) is 11.6 Å². The Bertz CT molecular complexity index is 938. The summed E-state index contributed by atoms with van der Waals surface area (Å²) in [5, 5.41) is 8.29. The summed E-state index contributed by atoms with van der Waals surface area (Å²) in [4.78, 5) is 28.6. The van der Waals surface area contributed by atoms with Crippen molar-refractivity contribution < 1.29 is 9.59 Å². The summed E-state index contributed by atoms with van der Waals surface area (Å²) in [5.74, 6) is -0.608. The summed E-state index contributed by atoms with van der Waals surface area (Å²) in [7, 11) is 0. The molecular weight excluding hydrogens is 370 g/mol. The van der Waals surface area contributed by atoms with Crippen LogP contribution >= 0.6 is 22.9 Å². The third-order valence-corrected chi connectivity index (χ3v) is 4.70. The average molecular weight is 386 g/mol. The van der Waals surface area contributed by atoms with E-state index in [2.05, 4.69) is 15.6 Å². The van der Waals surface area contributed by atoms with Gasteiger partial charge in [0.05, 0.1) is 12.2 Å². The Morgan fingerprint density at radius 1 is 1.12 bits per heavy atom. The molecule has 7 heteroatoms. The van der Waals surface area contributed by atoms with Crippen LogP contribution in [0.2, 0.25) is 5.02 Å². The van der Waals surface area contributed by atoms with Gasteiger partial charge in [0, 0.05) is 21.5 Å². The molecule has 0 aliphatic carbocycles. The van der Waals surface area contributed by atoms with Gasteiger partial charge in [0.25, 0.3) is 5.91 Å². The number of aryl methyl sites for hydroxylation is 1. The van der Waals surface area contributed by atoms with Crippen molar-refractivity contribution in [3.05, 3.63) is 70.1 Å². The molecule has 1 heterocycles. The summed E-state index contributed by atoms with van der Waals surface area (Å²) in [6.45, 7) is 1.73. The Balaban J connectivity index is 1.56. The number of hydrogen-bond acceptors (Lipinski definition) is 4. The zero-order valence-electron chi connectivity index (χ0n) is 14.0. The molecule has 0 spiro atoms. The van der Waals surface area contributed by atoms with Gasteiger partial charge >= 0.3 is 0 Å². The van der Waals surface area contributed by atoms with E-state index in [0.717, 1.165) is 16.8 Å². The fraction of sp³-hybridized carbons (Fsp3) is 0.105. The maximum Gasteiger partial charge on any atom is 0.251 e. The van der Waals surface area contributed by atoms with E-state index in [-0.39, 0.29) is 18.4 Å². The first-order valence-corrected chi connectivity index (χ1v) is 9.14. The van der Waals surface area contributed by atoms with Gasteiger partial charge in [-0.05, 0) is 30.7 Å². The molecule has 5 nitrogen and oxygen atoms in total. The van der Waals surface area contributed by atoms with E-state index in [1.165, 1.54) is 11.3 Å². The van der Waals surface area contributed by atoms with Crippen LogP contribution < -0.4 is 10.6 Å². The zero-order chi connectivity index (χ0) is 18.5. The van der Waals surface area contributed by atoms with Gasteiger partial charge in [-0.25, -0.2) is 4.98 Å². The van der Waals surface area contributed by atoms with Gasteiger partial charge in [-0.1, -0.05) is 41.9 Å². The molecule has 26 heavy (non-hydrogen) atoms.